The molecule has 2 aromatic heterocycles. The predicted octanol–water partition coefficient (Wildman–Crippen LogP) is 0.116. The smallest absolute Gasteiger partial charge is 0.315 e. The van der Waals surface area contributed by atoms with E-state index in [2.05, 4.69) is 10.2 Å². The fourth-order valence-electron chi connectivity index (χ4n) is 1.24. The highest BCUT2D eigenvalue weighted by Crippen LogP contribution is 1.76. The van der Waals surface area contributed by atoms with Crippen molar-refractivity contribution in [2.24, 2.45) is 19.2 Å². The predicted molar refractivity (Wildman–Crippen MR) is 61.7 cm³/mol. The highest BCUT2D eigenvalue weighted by Gasteiger charge is 1.92. The van der Waals surface area contributed by atoms with Crippen LogP contribution in [0.15, 0.2) is 54.2 Å². The van der Waals surface area contributed by atoms with E-state index in [4.69, 9.17) is 0 Å². The molecule has 81 valence electrons. The summed E-state index contributed by atoms with van der Waals surface area (Å²) in [6, 6.07) is 7.69. The van der Waals surface area contributed by atoms with E-state index in [-0.39, 0.29) is 0 Å². The molecule has 0 aliphatic carbocycles. The van der Waals surface area contributed by atoms with Gasteiger partial charge in [0, 0.05) is 51.0 Å². The van der Waals surface area contributed by atoms with E-state index in [0.29, 0.717) is 0 Å². The van der Waals surface area contributed by atoms with Gasteiger partial charge in [-0.1, -0.05) is 0 Å². The molecule has 16 heavy (non-hydrogen) atoms. The summed E-state index contributed by atoms with van der Waals surface area (Å²) in [6.07, 6.45) is 7.78. The first-order valence-electron chi connectivity index (χ1n) is 5.06. The molecular formula is C12H14N4+. The van der Waals surface area contributed by atoms with E-state index >= 15 is 0 Å². The molecule has 1 radical (unpaired) electrons. The summed E-state index contributed by atoms with van der Waals surface area (Å²) < 4.78 is 3.92. The van der Waals surface area contributed by atoms with Crippen LogP contribution in [-0.2, 0) is 14.1 Å². The zero-order chi connectivity index (χ0) is 11.4. The minimum atomic E-state index is 0.853. The van der Waals surface area contributed by atoms with Gasteiger partial charge in [0.1, 0.15) is 5.36 Å². The maximum absolute atomic E-state index is 4.15. The molecular weight excluding hydrogens is 200 g/mol. The number of rotatable bonds is 1. The first-order valence-corrected chi connectivity index (χ1v) is 5.06. The van der Waals surface area contributed by atoms with E-state index < -0.39 is 0 Å². The van der Waals surface area contributed by atoms with Gasteiger partial charge in [-0.2, -0.15) is 0 Å². The Morgan fingerprint density at radius 3 is 1.94 bits per heavy atom. The van der Waals surface area contributed by atoms with Crippen LogP contribution in [0.25, 0.3) is 0 Å². The standard InChI is InChI=1S/C12H14N4/c1-15-7-3-11(4-8-15)13-14-12-5-9-16(2)10-6-12/h3-10H,1-2H3/q+1. The van der Waals surface area contributed by atoms with Crippen LogP contribution in [0.1, 0.15) is 0 Å². The third kappa shape index (κ3) is 2.70. The summed E-state index contributed by atoms with van der Waals surface area (Å²) in [5.74, 6) is 0. The lowest BCUT2D eigenvalue weighted by Gasteiger charge is -1.91. The molecule has 4 nitrogen and oxygen atoms in total. The molecule has 0 saturated carbocycles. The van der Waals surface area contributed by atoms with Gasteiger partial charge in [0.05, 0.1) is 5.10 Å². The molecule has 4 heteroatoms. The Bertz CT molecular complexity index is 508. The molecule has 0 fully saturated rings. The van der Waals surface area contributed by atoms with Gasteiger partial charge in [0.2, 0.25) is 5.10 Å². The van der Waals surface area contributed by atoms with Gasteiger partial charge < -0.3 is 9.13 Å². The van der Waals surface area contributed by atoms with Gasteiger partial charge in [-0.25, -0.2) is 0 Å². The van der Waals surface area contributed by atoms with Crippen molar-refractivity contribution in [1.82, 2.24) is 14.2 Å². The van der Waals surface area contributed by atoms with Gasteiger partial charge in [0.15, 0.2) is 0 Å². The molecule has 0 saturated heterocycles. The molecule has 2 heterocycles. The largest absolute Gasteiger partial charge is 0.357 e. The monoisotopic (exact) mass is 214 g/mol. The minimum absolute atomic E-state index is 0.853. The number of aryl methyl sites for hydroxylation is 2. The number of hydrogen-bond acceptors (Lipinski definition) is 2. The Morgan fingerprint density at radius 2 is 1.38 bits per heavy atom. The maximum atomic E-state index is 4.15. The summed E-state index contributed by atoms with van der Waals surface area (Å²) >= 11 is 0. The zero-order valence-corrected chi connectivity index (χ0v) is 9.41. The summed E-state index contributed by atoms with van der Waals surface area (Å²) in [4.78, 5) is 0. The van der Waals surface area contributed by atoms with Crippen LogP contribution in [0.3, 0.4) is 0 Å². The van der Waals surface area contributed by atoms with Crippen molar-refractivity contribution in [2.45, 2.75) is 0 Å². The van der Waals surface area contributed by atoms with Crippen molar-refractivity contribution in [3.05, 3.63) is 59.8 Å². The van der Waals surface area contributed by atoms with E-state index in [0.717, 1.165) is 10.7 Å². The Hall–Kier alpha value is -2.10. The van der Waals surface area contributed by atoms with Crippen LogP contribution in [0, 0.1) is 0 Å². The molecule has 0 aliphatic rings. The molecule has 0 spiro atoms. The lowest BCUT2D eigenvalue weighted by atomic mass is 10.4. The van der Waals surface area contributed by atoms with Crippen LogP contribution < -0.4 is 15.8 Å². The first-order chi connectivity index (χ1) is 7.74. The van der Waals surface area contributed by atoms with Crippen LogP contribution in [0.5, 0.6) is 0 Å². The molecule has 0 bridgehead atoms. The fourth-order valence-corrected chi connectivity index (χ4v) is 1.24. The maximum Gasteiger partial charge on any atom is 0.315 e. The lowest BCUT2D eigenvalue weighted by Crippen LogP contribution is -2.12. The molecule has 2 rings (SSSR count). The van der Waals surface area contributed by atoms with E-state index in [9.17, 15) is 0 Å². The Kier molecular flexibility index (Phi) is 3.00. The molecule has 0 aliphatic heterocycles. The number of aromatic nitrogens is 2. The average molecular weight is 214 g/mol. The van der Waals surface area contributed by atoms with Crippen LogP contribution in [-0.4, -0.2) is 9.13 Å². The molecule has 0 aromatic carbocycles. The van der Waals surface area contributed by atoms with Gasteiger partial charge in [-0.15, -0.1) is 0 Å². The van der Waals surface area contributed by atoms with Crippen molar-refractivity contribution in [3.8, 4) is 0 Å². The highest BCUT2D eigenvalue weighted by atomic mass is 15.2. The zero-order valence-electron chi connectivity index (χ0n) is 9.41. The third-order valence-corrected chi connectivity index (χ3v) is 2.20. The minimum Gasteiger partial charge on any atom is -0.357 e. The molecule has 0 amide bonds. The Balaban J connectivity index is 2.35. The van der Waals surface area contributed by atoms with Crippen molar-refractivity contribution < 1.29 is 0 Å². The quantitative estimate of drug-likeness (QED) is 0.604. The van der Waals surface area contributed by atoms with Crippen molar-refractivity contribution >= 4 is 0 Å². The highest BCUT2D eigenvalue weighted by molar-refractivity contribution is 4.93. The second-order valence-electron chi connectivity index (χ2n) is 3.64. The van der Waals surface area contributed by atoms with Crippen molar-refractivity contribution in [3.63, 3.8) is 0 Å². The summed E-state index contributed by atoms with van der Waals surface area (Å²) in [7, 11) is 3.94. The number of nitrogens with zero attached hydrogens (tertiary/aromatic N) is 4. The van der Waals surface area contributed by atoms with Gasteiger partial charge in [-0.3, -0.25) is 0 Å². The number of hydrogen-bond donors (Lipinski definition) is 0. The van der Waals surface area contributed by atoms with Crippen LogP contribution in [0.4, 0.5) is 0 Å². The second-order valence-corrected chi connectivity index (χ2v) is 3.64. The van der Waals surface area contributed by atoms with Gasteiger partial charge >= 0.3 is 5.36 Å². The topological polar surface area (TPSA) is 36.3 Å². The molecule has 0 unspecified atom stereocenters. The van der Waals surface area contributed by atoms with Gasteiger partial charge in [-0.05, 0) is 12.1 Å². The third-order valence-electron chi connectivity index (χ3n) is 2.20. The molecule has 0 N–H and O–H groups in total. The SMILES string of the molecule is Cn1ccc(=N[N+]=c2ccn(C)cc2)cc1. The Morgan fingerprint density at radius 1 is 0.875 bits per heavy atom. The normalized spacial score (nSPS) is 9.88. The summed E-state index contributed by atoms with van der Waals surface area (Å²) in [6.45, 7) is 0. The van der Waals surface area contributed by atoms with Gasteiger partial charge in [0.25, 0.3) is 0 Å². The molecule has 0 atom stereocenters. The van der Waals surface area contributed by atoms with Crippen LogP contribution >= 0.6 is 0 Å². The lowest BCUT2D eigenvalue weighted by molar-refractivity contribution is 0.866. The summed E-state index contributed by atoms with van der Waals surface area (Å²) in [5, 5.41) is 10.0. The summed E-state index contributed by atoms with van der Waals surface area (Å²) in [5.41, 5.74) is 0. The van der Waals surface area contributed by atoms with Crippen molar-refractivity contribution in [1.29, 1.82) is 0 Å². The average Bonchev–Trinajstić information content (AvgIpc) is 2.30. The number of pyridine rings is 2. The molecule has 2 aromatic rings. The van der Waals surface area contributed by atoms with Crippen LogP contribution in [0.2, 0.25) is 0 Å². The van der Waals surface area contributed by atoms with E-state index in [1.54, 1.807) is 0 Å². The van der Waals surface area contributed by atoms with E-state index in [1.807, 2.05) is 72.3 Å². The van der Waals surface area contributed by atoms with Crippen molar-refractivity contribution in [2.75, 3.05) is 0 Å². The first kappa shape index (κ1) is 10.4. The van der Waals surface area contributed by atoms with E-state index in [1.165, 1.54) is 0 Å². The second kappa shape index (κ2) is 4.61. The Labute approximate surface area is 93.8 Å². The fraction of sp³-hybridized carbons (Fsp3) is 0.167.